The lowest BCUT2D eigenvalue weighted by molar-refractivity contribution is 0.400. The van der Waals surface area contributed by atoms with Gasteiger partial charge in [0.1, 0.15) is 5.75 Å². The van der Waals surface area contributed by atoms with E-state index in [0.717, 1.165) is 30.4 Å². The first-order valence-corrected chi connectivity index (χ1v) is 9.79. The molecule has 26 heavy (non-hydrogen) atoms. The van der Waals surface area contributed by atoms with Crippen molar-refractivity contribution in [2.24, 2.45) is 0 Å². The lowest BCUT2D eigenvalue weighted by Crippen LogP contribution is -2.21. The molecule has 1 N–H and O–H groups in total. The fraction of sp³-hybridized carbons (Fsp3) is 0.440. The van der Waals surface area contributed by atoms with Crippen LogP contribution >= 0.6 is 0 Å². The zero-order chi connectivity index (χ0) is 19.4. The van der Waals surface area contributed by atoms with E-state index in [2.05, 4.69) is 90.1 Å². The van der Waals surface area contributed by atoms with Crippen molar-refractivity contribution in [3.05, 3.63) is 70.8 Å². The maximum Gasteiger partial charge on any atom is 0.123 e. The van der Waals surface area contributed by atoms with Gasteiger partial charge in [0.2, 0.25) is 0 Å². The fourth-order valence-electron chi connectivity index (χ4n) is 3.12. The van der Waals surface area contributed by atoms with E-state index in [0.29, 0.717) is 5.75 Å². The summed E-state index contributed by atoms with van der Waals surface area (Å²) in [4.78, 5) is 0. The molecule has 0 unspecified atom stereocenters. The maximum atomic E-state index is 11.0. The number of allylic oxidation sites excluding steroid dienone is 1. The molecule has 0 aliphatic rings. The van der Waals surface area contributed by atoms with Gasteiger partial charge in [-0.05, 0) is 41.2 Å². The van der Waals surface area contributed by atoms with Gasteiger partial charge in [0.25, 0.3) is 0 Å². The van der Waals surface area contributed by atoms with Crippen molar-refractivity contribution >= 4 is 6.08 Å². The fourth-order valence-corrected chi connectivity index (χ4v) is 3.12. The summed E-state index contributed by atoms with van der Waals surface area (Å²) in [6, 6.07) is 14.8. The van der Waals surface area contributed by atoms with Gasteiger partial charge >= 0.3 is 0 Å². The van der Waals surface area contributed by atoms with E-state index >= 15 is 0 Å². The second-order valence-corrected chi connectivity index (χ2v) is 8.53. The molecular formula is C25H34O. The Morgan fingerprint density at radius 1 is 0.846 bits per heavy atom. The molecule has 0 atom stereocenters. The van der Waals surface area contributed by atoms with E-state index in [1.807, 2.05) is 6.07 Å². The Balaban J connectivity index is 2.44. The number of hydrogen-bond donors (Lipinski definition) is 1. The summed E-state index contributed by atoms with van der Waals surface area (Å²) < 4.78 is 0. The molecule has 2 rings (SSSR count). The third-order valence-electron chi connectivity index (χ3n) is 5.86. The molecule has 2 aromatic rings. The van der Waals surface area contributed by atoms with Gasteiger partial charge < -0.3 is 5.11 Å². The molecule has 1 nitrogen and oxygen atoms in total. The molecule has 0 saturated heterocycles. The number of rotatable bonds is 7. The maximum absolute atomic E-state index is 11.0. The Morgan fingerprint density at radius 2 is 1.35 bits per heavy atom. The first kappa shape index (κ1) is 20.3. The van der Waals surface area contributed by atoms with Crippen molar-refractivity contribution in [2.45, 2.75) is 71.6 Å². The van der Waals surface area contributed by atoms with Crippen LogP contribution in [0, 0.1) is 0 Å². The molecule has 0 bridgehead atoms. The number of hydrogen-bond acceptors (Lipinski definition) is 1. The molecule has 0 radical (unpaired) electrons. The topological polar surface area (TPSA) is 20.2 Å². The summed E-state index contributed by atoms with van der Waals surface area (Å²) in [5.74, 6) is 0.486. The van der Waals surface area contributed by atoms with Gasteiger partial charge in [0, 0.05) is 11.1 Å². The standard InChI is InChI=1S/C25H34O/c1-7-24(3,4)21-17-20(16-12-15-19-13-10-9-11-14-19)18-22(23(21)26)25(5,6)8-2/h9-15,17-18,26H,7-8,16H2,1-6H3/b15-12+. The molecule has 1 heteroatoms. The van der Waals surface area contributed by atoms with Gasteiger partial charge in [0.15, 0.2) is 0 Å². The summed E-state index contributed by atoms with van der Waals surface area (Å²) in [6.07, 6.45) is 7.25. The van der Waals surface area contributed by atoms with Crippen molar-refractivity contribution in [2.75, 3.05) is 0 Å². The second kappa shape index (κ2) is 8.12. The molecule has 0 saturated carbocycles. The smallest absolute Gasteiger partial charge is 0.123 e. The van der Waals surface area contributed by atoms with Gasteiger partial charge in [-0.15, -0.1) is 0 Å². The average Bonchev–Trinajstić information content (AvgIpc) is 2.63. The zero-order valence-corrected chi connectivity index (χ0v) is 17.3. The molecule has 0 spiro atoms. The summed E-state index contributed by atoms with van der Waals surface area (Å²) in [6.45, 7) is 13.2. The van der Waals surface area contributed by atoms with Crippen LogP contribution in [0.2, 0.25) is 0 Å². The predicted molar refractivity (Wildman–Crippen MR) is 114 cm³/mol. The van der Waals surface area contributed by atoms with E-state index in [-0.39, 0.29) is 10.8 Å². The minimum atomic E-state index is -0.0399. The van der Waals surface area contributed by atoms with Crippen LogP contribution in [-0.4, -0.2) is 5.11 Å². The van der Waals surface area contributed by atoms with Gasteiger partial charge in [-0.25, -0.2) is 0 Å². The molecule has 0 amide bonds. The molecule has 0 aliphatic carbocycles. The lowest BCUT2D eigenvalue weighted by Gasteiger charge is -2.31. The van der Waals surface area contributed by atoms with Crippen LogP contribution < -0.4 is 0 Å². The van der Waals surface area contributed by atoms with Crippen molar-refractivity contribution in [3.63, 3.8) is 0 Å². The van der Waals surface area contributed by atoms with Crippen LogP contribution in [0.4, 0.5) is 0 Å². The van der Waals surface area contributed by atoms with E-state index in [4.69, 9.17) is 0 Å². The van der Waals surface area contributed by atoms with E-state index in [1.165, 1.54) is 11.1 Å². The van der Waals surface area contributed by atoms with Crippen LogP contribution in [0.15, 0.2) is 48.5 Å². The van der Waals surface area contributed by atoms with Crippen LogP contribution in [-0.2, 0) is 17.3 Å². The lowest BCUT2D eigenvalue weighted by atomic mass is 9.74. The monoisotopic (exact) mass is 350 g/mol. The van der Waals surface area contributed by atoms with Crippen molar-refractivity contribution in [3.8, 4) is 5.75 Å². The van der Waals surface area contributed by atoms with Crippen molar-refractivity contribution in [1.29, 1.82) is 0 Å². The highest BCUT2D eigenvalue weighted by Crippen LogP contribution is 2.42. The molecule has 2 aromatic carbocycles. The molecular weight excluding hydrogens is 316 g/mol. The largest absolute Gasteiger partial charge is 0.507 e. The Hall–Kier alpha value is -2.02. The highest BCUT2D eigenvalue weighted by Gasteiger charge is 2.29. The molecule has 0 heterocycles. The van der Waals surface area contributed by atoms with Crippen LogP contribution in [0.3, 0.4) is 0 Å². The Morgan fingerprint density at radius 3 is 1.81 bits per heavy atom. The van der Waals surface area contributed by atoms with Gasteiger partial charge in [-0.1, -0.05) is 96.2 Å². The molecule has 0 fully saturated rings. The molecule has 0 aromatic heterocycles. The minimum absolute atomic E-state index is 0.0399. The highest BCUT2D eigenvalue weighted by molar-refractivity contribution is 5.53. The molecule has 0 aliphatic heterocycles. The molecule has 140 valence electrons. The van der Waals surface area contributed by atoms with Crippen LogP contribution in [0.25, 0.3) is 6.08 Å². The van der Waals surface area contributed by atoms with Crippen LogP contribution in [0.1, 0.15) is 76.6 Å². The second-order valence-electron chi connectivity index (χ2n) is 8.53. The summed E-state index contributed by atoms with van der Waals surface area (Å²) >= 11 is 0. The summed E-state index contributed by atoms with van der Waals surface area (Å²) in [7, 11) is 0. The SMILES string of the molecule is CCC(C)(C)c1cc(C/C=C/c2ccccc2)cc(C(C)(C)CC)c1O. The quantitative estimate of drug-likeness (QED) is 0.568. The third kappa shape index (κ3) is 4.58. The highest BCUT2D eigenvalue weighted by atomic mass is 16.3. The third-order valence-corrected chi connectivity index (χ3v) is 5.86. The number of benzene rings is 2. The predicted octanol–water partition coefficient (Wildman–Crippen LogP) is 7.02. The van der Waals surface area contributed by atoms with Gasteiger partial charge in [-0.2, -0.15) is 0 Å². The van der Waals surface area contributed by atoms with E-state index < -0.39 is 0 Å². The first-order chi connectivity index (χ1) is 12.2. The minimum Gasteiger partial charge on any atom is -0.507 e. The summed E-state index contributed by atoms with van der Waals surface area (Å²) in [5.41, 5.74) is 4.55. The van der Waals surface area contributed by atoms with Crippen molar-refractivity contribution < 1.29 is 5.11 Å². The Kier molecular flexibility index (Phi) is 6.34. The van der Waals surface area contributed by atoms with E-state index in [9.17, 15) is 5.11 Å². The van der Waals surface area contributed by atoms with Crippen LogP contribution in [0.5, 0.6) is 5.75 Å². The Labute approximate surface area is 159 Å². The van der Waals surface area contributed by atoms with E-state index in [1.54, 1.807) is 0 Å². The number of phenolic OH excluding ortho intramolecular Hbond substituents is 1. The zero-order valence-electron chi connectivity index (χ0n) is 17.3. The van der Waals surface area contributed by atoms with Gasteiger partial charge in [-0.3, -0.25) is 0 Å². The Bertz CT molecular complexity index is 714. The number of aromatic hydroxyl groups is 1. The number of phenols is 1. The van der Waals surface area contributed by atoms with Crippen molar-refractivity contribution in [1.82, 2.24) is 0 Å². The first-order valence-electron chi connectivity index (χ1n) is 9.79. The normalized spacial score (nSPS) is 12.7. The summed E-state index contributed by atoms with van der Waals surface area (Å²) in [5, 5.41) is 11.0. The van der Waals surface area contributed by atoms with Gasteiger partial charge in [0.05, 0.1) is 0 Å². The average molecular weight is 351 g/mol.